The van der Waals surface area contributed by atoms with E-state index >= 15 is 0 Å². The Kier molecular flexibility index (Phi) is 5.34. The van der Waals surface area contributed by atoms with E-state index in [4.69, 9.17) is 9.84 Å². The van der Waals surface area contributed by atoms with Gasteiger partial charge in [0.2, 0.25) is 5.91 Å². The minimum atomic E-state index is -0.999. The third-order valence-corrected chi connectivity index (χ3v) is 2.98. The van der Waals surface area contributed by atoms with Gasteiger partial charge in [-0.1, -0.05) is 6.58 Å². The number of piperidine rings is 1. The van der Waals surface area contributed by atoms with Crippen molar-refractivity contribution in [1.82, 2.24) is 10.2 Å². The third kappa shape index (κ3) is 5.45. The maximum absolute atomic E-state index is 12.1. The fourth-order valence-corrected chi connectivity index (χ4v) is 2.12. The zero-order valence-electron chi connectivity index (χ0n) is 12.6. The van der Waals surface area contributed by atoms with Crippen LogP contribution in [0.5, 0.6) is 0 Å². The van der Waals surface area contributed by atoms with Gasteiger partial charge in [-0.05, 0) is 33.3 Å². The van der Waals surface area contributed by atoms with Crippen LogP contribution in [0, 0.1) is 5.92 Å². The number of hydrogen-bond donors (Lipinski definition) is 2. The molecule has 0 aliphatic carbocycles. The predicted molar refractivity (Wildman–Crippen MR) is 75.7 cm³/mol. The number of nitrogens with zero attached hydrogens (tertiary/aromatic N) is 1. The van der Waals surface area contributed by atoms with Crippen LogP contribution in [0.2, 0.25) is 0 Å². The minimum absolute atomic E-state index is 0.0741. The predicted octanol–water partition coefficient (Wildman–Crippen LogP) is 0.999. The molecule has 7 heteroatoms. The number of carbonyl (C=O) groups is 3. The van der Waals surface area contributed by atoms with E-state index in [-0.39, 0.29) is 19.5 Å². The van der Waals surface area contributed by atoms with Gasteiger partial charge in [-0.15, -0.1) is 0 Å². The highest BCUT2D eigenvalue weighted by atomic mass is 16.6. The average molecular weight is 298 g/mol. The normalized spacial score (nSPS) is 22.3. The summed E-state index contributed by atoms with van der Waals surface area (Å²) in [6, 6.07) is -0.433. The highest BCUT2D eigenvalue weighted by Crippen LogP contribution is 2.20. The van der Waals surface area contributed by atoms with Crippen LogP contribution >= 0.6 is 0 Å². The van der Waals surface area contributed by atoms with Crippen molar-refractivity contribution in [2.24, 2.45) is 5.92 Å². The molecule has 0 saturated carbocycles. The van der Waals surface area contributed by atoms with Crippen LogP contribution < -0.4 is 5.32 Å². The van der Waals surface area contributed by atoms with E-state index in [0.29, 0.717) is 0 Å². The number of nitrogens with one attached hydrogen (secondary N) is 1. The Labute approximate surface area is 123 Å². The second kappa shape index (κ2) is 6.60. The first-order chi connectivity index (χ1) is 9.62. The highest BCUT2D eigenvalue weighted by molar-refractivity contribution is 5.87. The molecule has 1 aliphatic rings. The van der Waals surface area contributed by atoms with Crippen molar-refractivity contribution in [2.75, 3.05) is 13.1 Å². The van der Waals surface area contributed by atoms with Crippen LogP contribution in [0.3, 0.4) is 0 Å². The minimum Gasteiger partial charge on any atom is -0.481 e. The number of carbonyl (C=O) groups excluding carboxylic acids is 2. The molecule has 2 atom stereocenters. The Morgan fingerprint density at radius 2 is 1.95 bits per heavy atom. The van der Waals surface area contributed by atoms with Gasteiger partial charge < -0.3 is 20.1 Å². The molecule has 0 aromatic rings. The Hall–Kier alpha value is -2.05. The standard InChI is InChI=1S/C14H22N2O5/c1-5-11(17)15-10-6-9(12(18)19)7-16(8-10)13(20)21-14(2,3)4/h5,9-10H,1,6-8H2,2-4H3,(H,15,17)(H,18,19)/t9-,10+/m1/s1. The van der Waals surface area contributed by atoms with Crippen LogP contribution in [0.15, 0.2) is 12.7 Å². The van der Waals surface area contributed by atoms with Gasteiger partial charge in [-0.25, -0.2) is 4.79 Å². The molecule has 1 saturated heterocycles. The molecule has 0 bridgehead atoms. The van der Waals surface area contributed by atoms with Crippen molar-refractivity contribution in [2.45, 2.75) is 38.8 Å². The third-order valence-electron chi connectivity index (χ3n) is 2.98. The highest BCUT2D eigenvalue weighted by Gasteiger charge is 2.36. The van der Waals surface area contributed by atoms with Crippen molar-refractivity contribution < 1.29 is 24.2 Å². The largest absolute Gasteiger partial charge is 0.481 e. The summed E-state index contributed by atoms with van der Waals surface area (Å²) in [5, 5.41) is 11.8. The lowest BCUT2D eigenvalue weighted by Crippen LogP contribution is -2.54. The Morgan fingerprint density at radius 1 is 1.33 bits per heavy atom. The lowest BCUT2D eigenvalue weighted by molar-refractivity contribution is -0.144. The van der Waals surface area contributed by atoms with E-state index in [1.165, 1.54) is 4.90 Å². The number of hydrogen-bond acceptors (Lipinski definition) is 4. The Bertz CT molecular complexity index is 441. The topological polar surface area (TPSA) is 95.9 Å². The Morgan fingerprint density at radius 3 is 2.43 bits per heavy atom. The second-order valence-corrected chi connectivity index (χ2v) is 6.07. The smallest absolute Gasteiger partial charge is 0.410 e. The second-order valence-electron chi connectivity index (χ2n) is 6.07. The van der Waals surface area contributed by atoms with Crippen molar-refractivity contribution >= 4 is 18.0 Å². The molecule has 1 heterocycles. The van der Waals surface area contributed by atoms with Gasteiger partial charge >= 0.3 is 12.1 Å². The quantitative estimate of drug-likeness (QED) is 0.758. The molecule has 0 spiro atoms. The number of amides is 2. The van der Waals surface area contributed by atoms with Gasteiger partial charge in [0.05, 0.1) is 5.92 Å². The molecule has 0 unspecified atom stereocenters. The van der Waals surface area contributed by atoms with E-state index in [0.717, 1.165) is 6.08 Å². The molecular weight excluding hydrogens is 276 g/mol. The van der Waals surface area contributed by atoms with Crippen molar-refractivity contribution in [3.05, 3.63) is 12.7 Å². The molecule has 2 N–H and O–H groups in total. The van der Waals surface area contributed by atoms with Crippen LogP contribution in [-0.2, 0) is 14.3 Å². The van der Waals surface area contributed by atoms with Gasteiger partial charge in [-0.2, -0.15) is 0 Å². The molecule has 0 aromatic carbocycles. The molecule has 1 fully saturated rings. The van der Waals surface area contributed by atoms with Gasteiger partial charge in [0.25, 0.3) is 0 Å². The maximum Gasteiger partial charge on any atom is 0.410 e. The van der Waals surface area contributed by atoms with Gasteiger partial charge in [0, 0.05) is 19.1 Å². The summed E-state index contributed by atoms with van der Waals surface area (Å²) >= 11 is 0. The average Bonchev–Trinajstić information content (AvgIpc) is 2.36. The monoisotopic (exact) mass is 298 g/mol. The van der Waals surface area contributed by atoms with E-state index in [1.54, 1.807) is 20.8 Å². The number of aliphatic carboxylic acids is 1. The maximum atomic E-state index is 12.1. The molecule has 2 amide bonds. The summed E-state index contributed by atoms with van der Waals surface area (Å²) in [6.07, 6.45) is 0.808. The van der Waals surface area contributed by atoms with E-state index in [9.17, 15) is 14.4 Å². The summed E-state index contributed by atoms with van der Waals surface area (Å²) in [5.41, 5.74) is -0.660. The van der Waals surface area contributed by atoms with Crippen LogP contribution in [0.25, 0.3) is 0 Å². The lowest BCUT2D eigenvalue weighted by Gasteiger charge is -2.37. The lowest BCUT2D eigenvalue weighted by atomic mass is 9.94. The van der Waals surface area contributed by atoms with Gasteiger partial charge in [0.1, 0.15) is 5.60 Å². The first-order valence-electron chi connectivity index (χ1n) is 6.76. The number of likely N-dealkylation sites (tertiary alicyclic amines) is 1. The fraction of sp³-hybridized carbons (Fsp3) is 0.643. The van der Waals surface area contributed by atoms with Crippen LogP contribution in [0.4, 0.5) is 4.79 Å². The first kappa shape index (κ1) is 17.0. The summed E-state index contributed by atoms with van der Waals surface area (Å²) in [7, 11) is 0. The number of carboxylic acid groups (broad SMARTS) is 1. The molecule has 0 radical (unpaired) electrons. The van der Waals surface area contributed by atoms with Gasteiger partial charge in [0.15, 0.2) is 0 Å². The van der Waals surface area contributed by atoms with Crippen molar-refractivity contribution in [1.29, 1.82) is 0 Å². The fourth-order valence-electron chi connectivity index (χ4n) is 2.12. The van der Waals surface area contributed by atoms with Crippen LogP contribution in [-0.4, -0.2) is 52.7 Å². The molecular formula is C14H22N2O5. The summed E-state index contributed by atoms with van der Waals surface area (Å²) in [6.45, 7) is 8.85. The van der Waals surface area contributed by atoms with Gasteiger partial charge in [-0.3, -0.25) is 9.59 Å². The molecule has 0 aromatic heterocycles. The van der Waals surface area contributed by atoms with E-state index in [1.807, 2.05) is 0 Å². The summed E-state index contributed by atoms with van der Waals surface area (Å²) < 4.78 is 5.25. The molecule has 21 heavy (non-hydrogen) atoms. The zero-order valence-corrected chi connectivity index (χ0v) is 12.6. The van der Waals surface area contributed by atoms with Crippen LogP contribution in [0.1, 0.15) is 27.2 Å². The number of ether oxygens (including phenoxy) is 1. The molecule has 7 nitrogen and oxygen atoms in total. The SMILES string of the molecule is C=CC(=O)N[C@H]1C[C@@H](C(=O)O)CN(C(=O)OC(C)(C)C)C1. The first-order valence-corrected chi connectivity index (χ1v) is 6.76. The molecule has 118 valence electrons. The zero-order chi connectivity index (χ0) is 16.2. The summed E-state index contributed by atoms with van der Waals surface area (Å²) in [4.78, 5) is 35.9. The number of carboxylic acids is 1. The molecule has 1 rings (SSSR count). The Balaban J connectivity index is 2.78. The van der Waals surface area contributed by atoms with Crippen molar-refractivity contribution in [3.63, 3.8) is 0 Å². The van der Waals surface area contributed by atoms with E-state index in [2.05, 4.69) is 11.9 Å². The number of rotatable bonds is 3. The molecule has 1 aliphatic heterocycles. The van der Waals surface area contributed by atoms with E-state index < -0.39 is 35.5 Å². The van der Waals surface area contributed by atoms with Crippen molar-refractivity contribution in [3.8, 4) is 0 Å². The summed E-state index contributed by atoms with van der Waals surface area (Å²) in [5.74, 6) is -2.13.